The fourth-order valence-electron chi connectivity index (χ4n) is 2.10. The standard InChI is InChI=1S/C15H20N2O3/c1-10(2)14-15(19)17(9-13(18)16(3)4)11-7-5-6-8-12(11)20-14/h5-8,10,14H,9H2,1-4H3. The lowest BCUT2D eigenvalue weighted by Gasteiger charge is -2.35. The smallest absolute Gasteiger partial charge is 0.268 e. The third-order valence-electron chi connectivity index (χ3n) is 3.32. The molecule has 1 aliphatic rings. The van der Waals surface area contributed by atoms with E-state index in [9.17, 15) is 9.59 Å². The molecule has 0 saturated heterocycles. The van der Waals surface area contributed by atoms with E-state index in [1.807, 2.05) is 32.0 Å². The van der Waals surface area contributed by atoms with Crippen LogP contribution in [0.2, 0.25) is 0 Å². The summed E-state index contributed by atoms with van der Waals surface area (Å²) in [6.45, 7) is 3.90. The van der Waals surface area contributed by atoms with Crippen molar-refractivity contribution in [3.8, 4) is 5.75 Å². The van der Waals surface area contributed by atoms with Crippen LogP contribution in [0.1, 0.15) is 13.8 Å². The highest BCUT2D eigenvalue weighted by molar-refractivity contribution is 6.03. The van der Waals surface area contributed by atoms with Crippen molar-refractivity contribution in [3.63, 3.8) is 0 Å². The van der Waals surface area contributed by atoms with Crippen molar-refractivity contribution in [1.29, 1.82) is 0 Å². The maximum atomic E-state index is 12.5. The second kappa shape index (κ2) is 5.53. The molecule has 0 aliphatic carbocycles. The monoisotopic (exact) mass is 276 g/mol. The minimum atomic E-state index is -0.542. The molecule has 0 aromatic heterocycles. The summed E-state index contributed by atoms with van der Waals surface area (Å²) < 4.78 is 5.76. The van der Waals surface area contributed by atoms with Crippen LogP contribution in [-0.4, -0.2) is 43.5 Å². The zero-order valence-electron chi connectivity index (χ0n) is 12.3. The Balaban J connectivity index is 2.36. The van der Waals surface area contributed by atoms with Crippen LogP contribution in [-0.2, 0) is 9.59 Å². The number of carbonyl (C=O) groups excluding carboxylic acids is 2. The van der Waals surface area contributed by atoms with E-state index < -0.39 is 6.10 Å². The van der Waals surface area contributed by atoms with E-state index in [-0.39, 0.29) is 24.3 Å². The number of hydrogen-bond acceptors (Lipinski definition) is 3. The topological polar surface area (TPSA) is 49.9 Å². The van der Waals surface area contributed by atoms with Crippen LogP contribution in [0, 0.1) is 5.92 Å². The van der Waals surface area contributed by atoms with Crippen LogP contribution < -0.4 is 9.64 Å². The molecule has 0 fully saturated rings. The highest BCUT2D eigenvalue weighted by atomic mass is 16.5. The predicted octanol–water partition coefficient (Wildman–Crippen LogP) is 1.52. The predicted molar refractivity (Wildman–Crippen MR) is 76.7 cm³/mol. The molecule has 0 spiro atoms. The molecule has 1 aromatic rings. The van der Waals surface area contributed by atoms with Gasteiger partial charge >= 0.3 is 0 Å². The van der Waals surface area contributed by atoms with Crippen molar-refractivity contribution in [1.82, 2.24) is 4.90 Å². The number of nitrogens with zero attached hydrogens (tertiary/aromatic N) is 2. The number of fused-ring (bicyclic) bond motifs is 1. The van der Waals surface area contributed by atoms with Gasteiger partial charge in [-0.05, 0) is 18.1 Å². The Labute approximate surface area is 119 Å². The Morgan fingerprint density at radius 1 is 1.35 bits per heavy atom. The summed E-state index contributed by atoms with van der Waals surface area (Å²) in [6.07, 6.45) is -0.542. The summed E-state index contributed by atoms with van der Waals surface area (Å²) in [5, 5.41) is 0. The summed E-state index contributed by atoms with van der Waals surface area (Å²) in [5.74, 6) is 0.427. The van der Waals surface area contributed by atoms with Crippen molar-refractivity contribution in [2.45, 2.75) is 20.0 Å². The van der Waals surface area contributed by atoms with E-state index in [2.05, 4.69) is 0 Å². The van der Waals surface area contributed by atoms with Crippen LogP contribution >= 0.6 is 0 Å². The van der Waals surface area contributed by atoms with Gasteiger partial charge in [-0.2, -0.15) is 0 Å². The molecule has 5 nitrogen and oxygen atoms in total. The molecular formula is C15H20N2O3. The number of carbonyl (C=O) groups is 2. The Hall–Kier alpha value is -2.04. The van der Waals surface area contributed by atoms with E-state index in [1.54, 1.807) is 20.2 Å². The molecule has 1 atom stereocenters. The van der Waals surface area contributed by atoms with Crippen molar-refractivity contribution in [2.75, 3.05) is 25.5 Å². The molecule has 0 saturated carbocycles. The lowest BCUT2D eigenvalue weighted by molar-refractivity contribution is -0.132. The molecular weight excluding hydrogens is 256 g/mol. The second-order valence-corrected chi connectivity index (χ2v) is 5.46. The Bertz CT molecular complexity index is 526. The number of ether oxygens (including phenoxy) is 1. The molecule has 0 N–H and O–H groups in total. The fraction of sp³-hybridized carbons (Fsp3) is 0.467. The van der Waals surface area contributed by atoms with E-state index >= 15 is 0 Å². The fourth-order valence-corrected chi connectivity index (χ4v) is 2.10. The average molecular weight is 276 g/mol. The van der Waals surface area contributed by atoms with Gasteiger partial charge in [0.1, 0.15) is 12.3 Å². The normalized spacial score (nSPS) is 17.8. The molecule has 2 amide bonds. The van der Waals surface area contributed by atoms with Crippen molar-refractivity contribution in [2.24, 2.45) is 5.92 Å². The van der Waals surface area contributed by atoms with Gasteiger partial charge in [0, 0.05) is 14.1 Å². The quantitative estimate of drug-likeness (QED) is 0.841. The van der Waals surface area contributed by atoms with Gasteiger partial charge in [0.25, 0.3) is 5.91 Å². The number of likely N-dealkylation sites (N-methyl/N-ethyl adjacent to an activating group) is 1. The first-order valence-electron chi connectivity index (χ1n) is 6.69. The molecule has 1 heterocycles. The van der Waals surface area contributed by atoms with Crippen LogP contribution in [0.5, 0.6) is 5.75 Å². The molecule has 1 unspecified atom stereocenters. The summed E-state index contributed by atoms with van der Waals surface area (Å²) >= 11 is 0. The van der Waals surface area contributed by atoms with Gasteiger partial charge in [-0.25, -0.2) is 0 Å². The lowest BCUT2D eigenvalue weighted by atomic mass is 10.0. The van der Waals surface area contributed by atoms with E-state index in [4.69, 9.17) is 4.74 Å². The highest BCUT2D eigenvalue weighted by Gasteiger charge is 2.37. The average Bonchev–Trinajstić information content (AvgIpc) is 2.40. The first kappa shape index (κ1) is 14.4. The number of anilines is 1. The van der Waals surface area contributed by atoms with Gasteiger partial charge in [0.05, 0.1) is 5.69 Å². The van der Waals surface area contributed by atoms with Crippen molar-refractivity contribution < 1.29 is 14.3 Å². The molecule has 0 bridgehead atoms. The van der Waals surface area contributed by atoms with Crippen molar-refractivity contribution in [3.05, 3.63) is 24.3 Å². The highest BCUT2D eigenvalue weighted by Crippen LogP contribution is 2.35. The summed E-state index contributed by atoms with van der Waals surface area (Å²) in [4.78, 5) is 27.5. The third kappa shape index (κ3) is 2.61. The Morgan fingerprint density at radius 2 is 2.00 bits per heavy atom. The van der Waals surface area contributed by atoms with E-state index in [1.165, 1.54) is 9.80 Å². The number of benzene rings is 1. The van der Waals surface area contributed by atoms with Gasteiger partial charge in [0.2, 0.25) is 5.91 Å². The summed E-state index contributed by atoms with van der Waals surface area (Å²) in [5.41, 5.74) is 0.657. The van der Waals surface area contributed by atoms with Gasteiger partial charge in [-0.1, -0.05) is 26.0 Å². The van der Waals surface area contributed by atoms with E-state index in [0.29, 0.717) is 11.4 Å². The van der Waals surface area contributed by atoms with Gasteiger partial charge in [0.15, 0.2) is 6.10 Å². The van der Waals surface area contributed by atoms with Crippen LogP contribution in [0.3, 0.4) is 0 Å². The molecule has 2 rings (SSSR count). The van der Waals surface area contributed by atoms with Crippen LogP contribution in [0.4, 0.5) is 5.69 Å². The molecule has 108 valence electrons. The minimum Gasteiger partial charge on any atom is -0.478 e. The first-order chi connectivity index (χ1) is 9.41. The second-order valence-electron chi connectivity index (χ2n) is 5.46. The first-order valence-corrected chi connectivity index (χ1v) is 6.69. The number of amides is 2. The third-order valence-corrected chi connectivity index (χ3v) is 3.32. The maximum absolute atomic E-state index is 12.5. The molecule has 1 aliphatic heterocycles. The molecule has 5 heteroatoms. The zero-order chi connectivity index (χ0) is 14.9. The number of para-hydroxylation sites is 2. The Kier molecular flexibility index (Phi) is 3.97. The maximum Gasteiger partial charge on any atom is 0.268 e. The van der Waals surface area contributed by atoms with Gasteiger partial charge in [-0.15, -0.1) is 0 Å². The minimum absolute atomic E-state index is 0.0371. The lowest BCUT2D eigenvalue weighted by Crippen LogP contribution is -2.51. The molecule has 1 aromatic carbocycles. The number of rotatable bonds is 3. The molecule has 20 heavy (non-hydrogen) atoms. The summed E-state index contributed by atoms with van der Waals surface area (Å²) in [6, 6.07) is 7.31. The van der Waals surface area contributed by atoms with Crippen molar-refractivity contribution >= 4 is 17.5 Å². The van der Waals surface area contributed by atoms with E-state index in [0.717, 1.165) is 0 Å². The van der Waals surface area contributed by atoms with Crippen LogP contribution in [0.25, 0.3) is 0 Å². The van der Waals surface area contributed by atoms with Gasteiger partial charge in [-0.3, -0.25) is 14.5 Å². The molecule has 0 radical (unpaired) electrons. The van der Waals surface area contributed by atoms with Gasteiger partial charge < -0.3 is 9.64 Å². The Morgan fingerprint density at radius 3 is 2.60 bits per heavy atom. The van der Waals surface area contributed by atoms with Crippen LogP contribution in [0.15, 0.2) is 24.3 Å². The number of hydrogen-bond donors (Lipinski definition) is 0. The summed E-state index contributed by atoms with van der Waals surface area (Å²) in [7, 11) is 3.36. The SMILES string of the molecule is CC(C)C1Oc2ccccc2N(CC(=O)N(C)C)C1=O. The zero-order valence-corrected chi connectivity index (χ0v) is 12.3. The largest absolute Gasteiger partial charge is 0.478 e.